The highest BCUT2D eigenvalue weighted by Gasteiger charge is 2.25. The van der Waals surface area contributed by atoms with E-state index >= 15 is 0 Å². The molecule has 1 aliphatic rings. The van der Waals surface area contributed by atoms with Gasteiger partial charge in [0.05, 0.1) is 12.2 Å². The molecule has 3 rings (SSSR count). The summed E-state index contributed by atoms with van der Waals surface area (Å²) < 4.78 is 2.72. The van der Waals surface area contributed by atoms with Crippen LogP contribution in [0.3, 0.4) is 0 Å². The molecule has 9 heteroatoms. The first kappa shape index (κ1) is 13.4. The third kappa shape index (κ3) is 3.50. The highest BCUT2D eigenvalue weighted by atomic mass is 16.2. The summed E-state index contributed by atoms with van der Waals surface area (Å²) in [5, 5.41) is 17.5. The van der Waals surface area contributed by atoms with Gasteiger partial charge < -0.3 is 5.32 Å². The molecule has 0 spiro atoms. The molecule has 0 atom stereocenters. The van der Waals surface area contributed by atoms with Crippen molar-refractivity contribution in [2.45, 2.75) is 31.8 Å². The van der Waals surface area contributed by atoms with E-state index in [0.717, 1.165) is 18.5 Å². The third-order valence-electron chi connectivity index (χ3n) is 3.23. The van der Waals surface area contributed by atoms with Gasteiger partial charge in [0.2, 0.25) is 5.91 Å². The summed E-state index contributed by atoms with van der Waals surface area (Å²) in [5.74, 6) is 0.278. The molecule has 2 aromatic rings. The summed E-state index contributed by atoms with van der Waals surface area (Å²) in [6.07, 6.45) is 3.63. The van der Waals surface area contributed by atoms with Crippen molar-refractivity contribution in [3.05, 3.63) is 34.5 Å². The minimum absolute atomic E-state index is 0.0530. The number of hydrogen-bond acceptors (Lipinski definition) is 6. The molecule has 1 saturated carbocycles. The van der Waals surface area contributed by atoms with Crippen molar-refractivity contribution in [2.24, 2.45) is 0 Å². The van der Waals surface area contributed by atoms with E-state index in [9.17, 15) is 9.59 Å². The van der Waals surface area contributed by atoms with Gasteiger partial charge in [-0.25, -0.2) is 9.36 Å². The molecular weight excluding hydrogens is 274 g/mol. The predicted octanol–water partition coefficient (Wildman–Crippen LogP) is -1.08. The smallest absolute Gasteiger partial charge is 0.266 e. The summed E-state index contributed by atoms with van der Waals surface area (Å²) in [5.41, 5.74) is 0.795. The minimum atomic E-state index is -0.214. The van der Waals surface area contributed by atoms with Crippen molar-refractivity contribution < 1.29 is 4.79 Å². The Kier molecular flexibility index (Phi) is 3.71. The van der Waals surface area contributed by atoms with Crippen LogP contribution in [0.1, 0.15) is 24.5 Å². The van der Waals surface area contributed by atoms with Crippen molar-refractivity contribution in [2.75, 3.05) is 6.54 Å². The molecule has 1 N–H and O–H groups in total. The van der Waals surface area contributed by atoms with Crippen LogP contribution in [0.4, 0.5) is 0 Å². The molecule has 0 unspecified atom stereocenters. The second-order valence-corrected chi connectivity index (χ2v) is 4.95. The fraction of sp³-hybridized carbons (Fsp3) is 0.500. The quantitative estimate of drug-likeness (QED) is 0.725. The third-order valence-corrected chi connectivity index (χ3v) is 3.23. The Bertz CT molecular complexity index is 675. The van der Waals surface area contributed by atoms with Crippen LogP contribution in [0.5, 0.6) is 0 Å². The number of nitrogens with one attached hydrogen (secondary N) is 1. The molecule has 1 fully saturated rings. The lowest BCUT2D eigenvalue weighted by molar-refractivity contribution is -0.121. The number of amides is 1. The Morgan fingerprint density at radius 1 is 1.38 bits per heavy atom. The van der Waals surface area contributed by atoms with Crippen LogP contribution in [0.25, 0.3) is 0 Å². The molecule has 9 nitrogen and oxygen atoms in total. The molecule has 0 bridgehead atoms. The highest BCUT2D eigenvalue weighted by Crippen LogP contribution is 2.38. The van der Waals surface area contributed by atoms with Crippen LogP contribution < -0.4 is 10.9 Å². The molecule has 0 saturated heterocycles. The largest absolute Gasteiger partial charge is 0.353 e. The van der Waals surface area contributed by atoms with Crippen molar-refractivity contribution in [3.8, 4) is 0 Å². The fourth-order valence-corrected chi connectivity index (χ4v) is 1.98. The highest BCUT2D eigenvalue weighted by molar-refractivity contribution is 5.75. The number of nitrogens with zero attached hydrogens (tertiary/aromatic N) is 6. The van der Waals surface area contributed by atoms with Gasteiger partial charge in [0.25, 0.3) is 5.56 Å². The Morgan fingerprint density at radius 3 is 2.95 bits per heavy atom. The summed E-state index contributed by atoms with van der Waals surface area (Å²) in [6, 6.07) is 3.32. The molecule has 2 aromatic heterocycles. The number of aromatic nitrogens is 6. The number of tetrazole rings is 1. The number of carbonyl (C=O) groups is 1. The van der Waals surface area contributed by atoms with E-state index in [0.29, 0.717) is 19.0 Å². The maximum atomic E-state index is 11.7. The molecule has 0 radical (unpaired) electrons. The topological polar surface area (TPSA) is 108 Å². The summed E-state index contributed by atoms with van der Waals surface area (Å²) in [4.78, 5) is 23.3. The molecule has 110 valence electrons. The normalized spacial score (nSPS) is 14.1. The summed E-state index contributed by atoms with van der Waals surface area (Å²) in [6.45, 7) is 0.736. The summed E-state index contributed by atoms with van der Waals surface area (Å²) >= 11 is 0. The van der Waals surface area contributed by atoms with Crippen LogP contribution in [0.15, 0.2) is 23.3 Å². The molecule has 0 aliphatic heterocycles. The predicted molar refractivity (Wildman–Crippen MR) is 71.3 cm³/mol. The zero-order valence-corrected chi connectivity index (χ0v) is 11.3. The van der Waals surface area contributed by atoms with Gasteiger partial charge in [0.15, 0.2) is 0 Å². The maximum absolute atomic E-state index is 11.7. The van der Waals surface area contributed by atoms with E-state index in [4.69, 9.17) is 0 Å². The van der Waals surface area contributed by atoms with Crippen molar-refractivity contribution >= 4 is 5.91 Å². The van der Waals surface area contributed by atoms with E-state index in [1.807, 2.05) is 0 Å². The lowest BCUT2D eigenvalue weighted by atomic mass is 10.3. The molecule has 2 heterocycles. The van der Waals surface area contributed by atoms with Gasteiger partial charge >= 0.3 is 0 Å². The fourth-order valence-electron chi connectivity index (χ4n) is 1.98. The van der Waals surface area contributed by atoms with Gasteiger partial charge in [0.1, 0.15) is 12.9 Å². The van der Waals surface area contributed by atoms with Gasteiger partial charge in [0, 0.05) is 18.5 Å². The van der Waals surface area contributed by atoms with Crippen LogP contribution in [-0.4, -0.2) is 42.4 Å². The van der Waals surface area contributed by atoms with Crippen LogP contribution in [0, 0.1) is 0 Å². The first-order valence-corrected chi connectivity index (χ1v) is 6.78. The summed E-state index contributed by atoms with van der Waals surface area (Å²) in [7, 11) is 0. The number of carbonyl (C=O) groups excluding carboxylic acids is 1. The zero-order valence-electron chi connectivity index (χ0n) is 11.3. The van der Waals surface area contributed by atoms with E-state index in [-0.39, 0.29) is 18.0 Å². The van der Waals surface area contributed by atoms with Gasteiger partial charge in [-0.05, 0) is 29.3 Å². The maximum Gasteiger partial charge on any atom is 0.266 e. The van der Waals surface area contributed by atoms with Gasteiger partial charge in [-0.15, -0.1) is 5.10 Å². The molecule has 21 heavy (non-hydrogen) atoms. The Hall–Kier alpha value is -2.58. The van der Waals surface area contributed by atoms with Gasteiger partial charge in [-0.3, -0.25) is 9.59 Å². The lowest BCUT2D eigenvalue weighted by Crippen LogP contribution is -2.34. The molecule has 0 aromatic carbocycles. The van der Waals surface area contributed by atoms with E-state index < -0.39 is 0 Å². The SMILES string of the molecule is O=C(Cn1cnnn1)NCCn1nc(C2CC2)ccc1=O. The van der Waals surface area contributed by atoms with E-state index in [1.54, 1.807) is 6.07 Å². The first-order chi connectivity index (χ1) is 10.2. The Labute approximate surface area is 120 Å². The lowest BCUT2D eigenvalue weighted by Gasteiger charge is -2.07. The Morgan fingerprint density at radius 2 is 2.24 bits per heavy atom. The first-order valence-electron chi connectivity index (χ1n) is 6.78. The monoisotopic (exact) mass is 289 g/mol. The number of rotatable bonds is 6. The van der Waals surface area contributed by atoms with Crippen LogP contribution >= 0.6 is 0 Å². The average molecular weight is 289 g/mol. The molecule has 1 amide bonds. The molecule has 1 aliphatic carbocycles. The van der Waals surface area contributed by atoms with Crippen molar-refractivity contribution in [1.29, 1.82) is 0 Å². The second-order valence-electron chi connectivity index (χ2n) is 4.95. The molecular formula is C12H15N7O2. The van der Waals surface area contributed by atoms with Gasteiger partial charge in [-0.2, -0.15) is 5.10 Å². The van der Waals surface area contributed by atoms with Crippen LogP contribution in [0.2, 0.25) is 0 Å². The van der Waals surface area contributed by atoms with Crippen LogP contribution in [-0.2, 0) is 17.9 Å². The van der Waals surface area contributed by atoms with Crippen molar-refractivity contribution in [3.63, 3.8) is 0 Å². The van der Waals surface area contributed by atoms with Crippen molar-refractivity contribution in [1.82, 2.24) is 35.3 Å². The standard InChI is InChI=1S/C12H15N7O2/c20-11(7-18-8-14-16-17-18)13-5-6-19-12(21)4-3-10(15-19)9-1-2-9/h3-4,8-9H,1-2,5-7H2,(H,13,20). The average Bonchev–Trinajstić information content (AvgIpc) is 3.19. The number of hydrogen-bond donors (Lipinski definition) is 1. The minimum Gasteiger partial charge on any atom is -0.353 e. The van der Waals surface area contributed by atoms with Gasteiger partial charge in [-0.1, -0.05) is 0 Å². The zero-order chi connectivity index (χ0) is 14.7. The Balaban J connectivity index is 1.51. The second kappa shape index (κ2) is 5.81. The van der Waals surface area contributed by atoms with E-state index in [2.05, 4.69) is 25.9 Å². The van der Waals surface area contributed by atoms with E-state index in [1.165, 1.54) is 21.8 Å².